The number of primary amides is 1. The van der Waals surface area contributed by atoms with E-state index in [1.54, 1.807) is 6.92 Å². The number of nitrogens with one attached hydrogen (secondary N) is 1. The van der Waals surface area contributed by atoms with Crippen molar-refractivity contribution in [1.82, 2.24) is 10.2 Å². The van der Waals surface area contributed by atoms with Gasteiger partial charge >= 0.3 is 12.0 Å². The molecule has 7 nitrogen and oxygen atoms in total. The van der Waals surface area contributed by atoms with Crippen molar-refractivity contribution < 1.29 is 19.5 Å². The van der Waals surface area contributed by atoms with Crippen LogP contribution in [0.15, 0.2) is 0 Å². The van der Waals surface area contributed by atoms with Gasteiger partial charge < -0.3 is 16.2 Å². The van der Waals surface area contributed by atoms with Crippen molar-refractivity contribution in [2.75, 3.05) is 5.75 Å². The minimum atomic E-state index is -1.22. The van der Waals surface area contributed by atoms with Crippen molar-refractivity contribution in [2.45, 2.75) is 37.7 Å². The lowest BCUT2D eigenvalue weighted by Crippen LogP contribution is -2.59. The number of carboxylic acids is 1. The fraction of sp³-hybridized carbons (Fsp3) is 0.700. The standard InChI is InChI=1S/C10H17N3O4S/c1-5-13(6(4-18-5)7(14)15)9(17)12-10(2,3)8(11)16/h5-6H,4H2,1-3H3,(H2,11,16)(H,12,17)(H,14,15). The van der Waals surface area contributed by atoms with Crippen LogP contribution in [-0.2, 0) is 9.59 Å². The number of amides is 3. The van der Waals surface area contributed by atoms with Crippen LogP contribution in [0.3, 0.4) is 0 Å². The fourth-order valence-electron chi connectivity index (χ4n) is 1.53. The second-order valence-electron chi connectivity index (χ2n) is 4.61. The first-order valence-electron chi connectivity index (χ1n) is 5.41. The van der Waals surface area contributed by atoms with E-state index in [4.69, 9.17) is 10.8 Å². The van der Waals surface area contributed by atoms with E-state index in [0.29, 0.717) is 5.75 Å². The van der Waals surface area contributed by atoms with Gasteiger partial charge in [0, 0.05) is 5.75 Å². The first kappa shape index (κ1) is 14.6. The minimum absolute atomic E-state index is 0.255. The monoisotopic (exact) mass is 275 g/mol. The Bertz CT molecular complexity index is 385. The number of thioether (sulfide) groups is 1. The molecule has 1 aliphatic rings. The Morgan fingerprint density at radius 1 is 1.44 bits per heavy atom. The number of hydrogen-bond donors (Lipinski definition) is 3. The predicted molar refractivity (Wildman–Crippen MR) is 67.0 cm³/mol. The zero-order chi connectivity index (χ0) is 14.1. The molecule has 3 amide bonds. The summed E-state index contributed by atoms with van der Waals surface area (Å²) in [6, 6.07) is -1.47. The molecule has 8 heteroatoms. The summed E-state index contributed by atoms with van der Waals surface area (Å²) in [4.78, 5) is 35.4. The highest BCUT2D eigenvalue weighted by Gasteiger charge is 2.41. The molecule has 102 valence electrons. The maximum absolute atomic E-state index is 12.0. The van der Waals surface area contributed by atoms with E-state index in [9.17, 15) is 14.4 Å². The minimum Gasteiger partial charge on any atom is -0.480 e. The Morgan fingerprint density at radius 3 is 2.44 bits per heavy atom. The number of rotatable bonds is 3. The van der Waals surface area contributed by atoms with Gasteiger partial charge in [-0.05, 0) is 20.8 Å². The van der Waals surface area contributed by atoms with E-state index >= 15 is 0 Å². The van der Waals surface area contributed by atoms with Crippen LogP contribution in [-0.4, -0.2) is 50.6 Å². The quantitative estimate of drug-likeness (QED) is 0.660. The molecule has 1 saturated heterocycles. The van der Waals surface area contributed by atoms with Crippen LogP contribution in [0.25, 0.3) is 0 Å². The van der Waals surface area contributed by atoms with Gasteiger partial charge in [-0.3, -0.25) is 9.69 Å². The van der Waals surface area contributed by atoms with Crippen LogP contribution < -0.4 is 11.1 Å². The van der Waals surface area contributed by atoms with E-state index in [2.05, 4.69) is 5.32 Å². The Morgan fingerprint density at radius 2 is 2.00 bits per heavy atom. The summed E-state index contributed by atoms with van der Waals surface area (Å²) in [5.41, 5.74) is 3.94. The van der Waals surface area contributed by atoms with Gasteiger partial charge in [-0.1, -0.05) is 0 Å². The van der Waals surface area contributed by atoms with E-state index in [1.807, 2.05) is 0 Å². The number of carbonyl (C=O) groups excluding carboxylic acids is 2. The number of hydrogen-bond acceptors (Lipinski definition) is 4. The molecular weight excluding hydrogens is 258 g/mol. The molecular formula is C10H17N3O4S. The normalized spacial score (nSPS) is 23.8. The first-order valence-corrected chi connectivity index (χ1v) is 6.46. The van der Waals surface area contributed by atoms with Crippen LogP contribution >= 0.6 is 11.8 Å². The molecule has 0 radical (unpaired) electrons. The highest BCUT2D eigenvalue weighted by molar-refractivity contribution is 8.00. The molecule has 0 bridgehead atoms. The van der Waals surface area contributed by atoms with Crippen LogP contribution in [0.1, 0.15) is 20.8 Å². The topological polar surface area (TPSA) is 113 Å². The number of urea groups is 1. The molecule has 18 heavy (non-hydrogen) atoms. The molecule has 4 N–H and O–H groups in total. The summed E-state index contributed by atoms with van der Waals surface area (Å²) in [6.45, 7) is 4.68. The molecule has 1 heterocycles. The molecule has 2 atom stereocenters. The lowest BCUT2D eigenvalue weighted by atomic mass is 10.1. The van der Waals surface area contributed by atoms with Gasteiger partial charge in [-0.25, -0.2) is 9.59 Å². The van der Waals surface area contributed by atoms with Crippen LogP contribution in [0.2, 0.25) is 0 Å². The molecule has 0 aromatic heterocycles. The van der Waals surface area contributed by atoms with Crippen molar-refractivity contribution in [3.63, 3.8) is 0 Å². The van der Waals surface area contributed by atoms with Gasteiger partial charge in [0.05, 0.1) is 5.37 Å². The van der Waals surface area contributed by atoms with Gasteiger partial charge in [0.25, 0.3) is 0 Å². The molecule has 1 aliphatic heterocycles. The molecule has 0 aromatic carbocycles. The van der Waals surface area contributed by atoms with Gasteiger partial charge in [-0.2, -0.15) is 0 Å². The van der Waals surface area contributed by atoms with Gasteiger partial charge in [0.15, 0.2) is 0 Å². The molecule has 0 spiro atoms. The number of nitrogens with two attached hydrogens (primary N) is 1. The summed E-state index contributed by atoms with van der Waals surface area (Å²) >= 11 is 1.37. The summed E-state index contributed by atoms with van der Waals surface area (Å²) in [5, 5.41) is 11.2. The smallest absolute Gasteiger partial charge is 0.327 e. The van der Waals surface area contributed by atoms with Crippen LogP contribution in [0.5, 0.6) is 0 Å². The van der Waals surface area contributed by atoms with Crippen molar-refractivity contribution in [2.24, 2.45) is 5.73 Å². The zero-order valence-electron chi connectivity index (χ0n) is 10.5. The zero-order valence-corrected chi connectivity index (χ0v) is 11.3. The van der Waals surface area contributed by atoms with Gasteiger partial charge in [-0.15, -0.1) is 11.8 Å². The highest BCUT2D eigenvalue weighted by atomic mass is 32.2. The van der Waals surface area contributed by atoms with Crippen LogP contribution in [0.4, 0.5) is 4.79 Å². The average molecular weight is 275 g/mol. The van der Waals surface area contributed by atoms with Gasteiger partial charge in [0.2, 0.25) is 5.91 Å². The summed E-state index contributed by atoms with van der Waals surface area (Å²) < 4.78 is 0. The molecule has 0 saturated carbocycles. The number of nitrogens with zero attached hydrogens (tertiary/aromatic N) is 1. The SMILES string of the molecule is CC1SCC(C(=O)O)N1C(=O)NC(C)(C)C(N)=O. The number of carboxylic acid groups (broad SMARTS) is 1. The third-order valence-corrected chi connectivity index (χ3v) is 4.00. The first-order chi connectivity index (χ1) is 8.16. The summed E-state index contributed by atoms with van der Waals surface area (Å²) in [6.07, 6.45) is 0. The largest absolute Gasteiger partial charge is 0.480 e. The fourth-order valence-corrected chi connectivity index (χ4v) is 2.70. The molecule has 2 unspecified atom stereocenters. The lowest BCUT2D eigenvalue weighted by Gasteiger charge is -2.30. The van der Waals surface area contributed by atoms with Gasteiger partial charge in [0.1, 0.15) is 11.6 Å². The van der Waals surface area contributed by atoms with E-state index in [0.717, 1.165) is 0 Å². The summed E-state index contributed by atoms with van der Waals surface area (Å²) in [7, 11) is 0. The van der Waals surface area contributed by atoms with Crippen molar-refractivity contribution >= 4 is 29.7 Å². The second-order valence-corrected chi connectivity index (χ2v) is 5.96. The van der Waals surface area contributed by atoms with E-state index in [-0.39, 0.29) is 5.37 Å². The lowest BCUT2D eigenvalue weighted by molar-refractivity contribution is -0.141. The Hall–Kier alpha value is -1.44. The molecule has 1 fully saturated rings. The molecule has 0 aromatic rings. The molecule has 1 rings (SSSR count). The van der Waals surface area contributed by atoms with Crippen molar-refractivity contribution in [3.8, 4) is 0 Å². The second kappa shape index (κ2) is 5.05. The Balaban J connectivity index is 2.82. The third kappa shape index (κ3) is 2.87. The third-order valence-electron chi connectivity index (χ3n) is 2.78. The molecule has 0 aliphatic carbocycles. The number of carbonyl (C=O) groups is 3. The highest BCUT2D eigenvalue weighted by Crippen LogP contribution is 2.29. The van der Waals surface area contributed by atoms with Crippen molar-refractivity contribution in [1.29, 1.82) is 0 Å². The van der Waals surface area contributed by atoms with Crippen molar-refractivity contribution in [3.05, 3.63) is 0 Å². The summed E-state index contributed by atoms with van der Waals surface area (Å²) in [5.74, 6) is -1.40. The maximum atomic E-state index is 12.0. The Labute approximate surface area is 109 Å². The van der Waals surface area contributed by atoms with Crippen LogP contribution in [0, 0.1) is 0 Å². The number of aliphatic carboxylic acids is 1. The predicted octanol–water partition coefficient (Wildman–Crippen LogP) is -0.192. The average Bonchev–Trinajstić information content (AvgIpc) is 2.59. The van der Waals surface area contributed by atoms with E-state index in [1.165, 1.54) is 30.5 Å². The Kier molecular flexibility index (Phi) is 4.10. The maximum Gasteiger partial charge on any atom is 0.327 e. The van der Waals surface area contributed by atoms with E-state index < -0.39 is 29.5 Å².